The summed E-state index contributed by atoms with van der Waals surface area (Å²) >= 11 is 0. The van der Waals surface area contributed by atoms with Crippen LogP contribution in [-0.2, 0) is 0 Å². The van der Waals surface area contributed by atoms with E-state index in [4.69, 9.17) is 4.74 Å². The molecular formula is C13H10N2O. The monoisotopic (exact) mass is 210 g/mol. The van der Waals surface area contributed by atoms with Gasteiger partial charge in [0.15, 0.2) is 0 Å². The Kier molecular flexibility index (Phi) is 1.96. The minimum absolute atomic E-state index is 0.837. The van der Waals surface area contributed by atoms with Crippen LogP contribution in [-0.4, -0.2) is 17.1 Å². The van der Waals surface area contributed by atoms with Crippen molar-refractivity contribution in [3.05, 3.63) is 42.7 Å². The van der Waals surface area contributed by atoms with Crippen molar-refractivity contribution in [2.75, 3.05) is 7.11 Å². The fourth-order valence-corrected chi connectivity index (χ4v) is 1.95. The second kappa shape index (κ2) is 3.45. The molecule has 0 amide bonds. The van der Waals surface area contributed by atoms with E-state index in [2.05, 4.69) is 9.97 Å². The number of nitrogens with zero attached hydrogens (tertiary/aromatic N) is 2. The average molecular weight is 210 g/mol. The van der Waals surface area contributed by atoms with Crippen molar-refractivity contribution in [1.29, 1.82) is 0 Å². The van der Waals surface area contributed by atoms with Crippen LogP contribution in [0.1, 0.15) is 0 Å². The molecule has 0 aliphatic rings. The predicted octanol–water partition coefficient (Wildman–Crippen LogP) is 2.79. The maximum atomic E-state index is 5.37. The number of fused-ring (bicyclic) bond motifs is 3. The van der Waals surface area contributed by atoms with Gasteiger partial charge >= 0.3 is 0 Å². The lowest BCUT2D eigenvalue weighted by molar-refractivity contribution is 0.420. The Balaban J connectivity index is 2.57. The van der Waals surface area contributed by atoms with Crippen LogP contribution in [0.3, 0.4) is 0 Å². The molecule has 0 saturated carbocycles. The minimum Gasteiger partial charge on any atom is -0.496 e. The molecule has 0 fully saturated rings. The molecule has 0 N–H and O–H groups in total. The molecule has 0 saturated heterocycles. The lowest BCUT2D eigenvalue weighted by Crippen LogP contribution is -1.88. The van der Waals surface area contributed by atoms with E-state index in [0.717, 1.165) is 27.6 Å². The molecule has 0 bridgehead atoms. The normalized spacial score (nSPS) is 10.8. The van der Waals surface area contributed by atoms with Gasteiger partial charge in [0.2, 0.25) is 0 Å². The quantitative estimate of drug-likeness (QED) is 0.579. The first-order chi connectivity index (χ1) is 7.90. The van der Waals surface area contributed by atoms with Crippen molar-refractivity contribution in [3.63, 3.8) is 0 Å². The lowest BCUT2D eigenvalue weighted by Gasteiger charge is -2.07. The van der Waals surface area contributed by atoms with Crippen molar-refractivity contribution in [1.82, 2.24) is 9.97 Å². The van der Waals surface area contributed by atoms with Gasteiger partial charge < -0.3 is 4.74 Å². The number of hydrogen-bond donors (Lipinski definition) is 0. The van der Waals surface area contributed by atoms with Crippen LogP contribution in [0, 0.1) is 0 Å². The predicted molar refractivity (Wildman–Crippen MR) is 63.6 cm³/mol. The van der Waals surface area contributed by atoms with Crippen molar-refractivity contribution < 1.29 is 4.74 Å². The molecular weight excluding hydrogens is 200 g/mol. The molecule has 1 aromatic carbocycles. The molecule has 16 heavy (non-hydrogen) atoms. The highest BCUT2D eigenvalue weighted by atomic mass is 16.5. The summed E-state index contributed by atoms with van der Waals surface area (Å²) in [7, 11) is 1.67. The molecule has 3 nitrogen and oxygen atoms in total. The van der Waals surface area contributed by atoms with Crippen molar-refractivity contribution in [3.8, 4) is 5.75 Å². The summed E-state index contributed by atoms with van der Waals surface area (Å²) < 4.78 is 5.37. The summed E-state index contributed by atoms with van der Waals surface area (Å²) in [6.45, 7) is 0. The topological polar surface area (TPSA) is 35.0 Å². The lowest BCUT2D eigenvalue weighted by atomic mass is 10.1. The van der Waals surface area contributed by atoms with Crippen molar-refractivity contribution in [2.45, 2.75) is 0 Å². The van der Waals surface area contributed by atoms with Gasteiger partial charge in [-0.2, -0.15) is 0 Å². The van der Waals surface area contributed by atoms with Crippen LogP contribution in [0.15, 0.2) is 42.7 Å². The smallest absolute Gasteiger partial charge is 0.130 e. The van der Waals surface area contributed by atoms with E-state index >= 15 is 0 Å². The summed E-state index contributed by atoms with van der Waals surface area (Å²) in [5, 5.41) is 2.10. The Morgan fingerprint density at radius 2 is 1.75 bits per heavy atom. The Morgan fingerprint density at radius 1 is 0.938 bits per heavy atom. The van der Waals surface area contributed by atoms with Crippen molar-refractivity contribution >= 4 is 21.8 Å². The van der Waals surface area contributed by atoms with Crippen LogP contribution in [0.5, 0.6) is 5.75 Å². The zero-order valence-corrected chi connectivity index (χ0v) is 8.84. The number of hydrogen-bond acceptors (Lipinski definition) is 3. The third-order valence-corrected chi connectivity index (χ3v) is 2.67. The number of rotatable bonds is 1. The second-order valence-corrected chi connectivity index (χ2v) is 3.54. The Labute approximate surface area is 92.7 Å². The molecule has 0 atom stereocenters. The van der Waals surface area contributed by atoms with Gasteiger partial charge in [-0.3, -0.25) is 9.97 Å². The van der Waals surface area contributed by atoms with Gasteiger partial charge in [-0.1, -0.05) is 6.07 Å². The highest BCUT2D eigenvalue weighted by molar-refractivity contribution is 6.07. The molecule has 0 aliphatic carbocycles. The summed E-state index contributed by atoms with van der Waals surface area (Å²) in [4.78, 5) is 8.66. The van der Waals surface area contributed by atoms with Crippen LogP contribution < -0.4 is 4.74 Å². The SMILES string of the molecule is COc1ccnc2ccc3ncccc3c12. The summed E-state index contributed by atoms with van der Waals surface area (Å²) in [5.41, 5.74) is 1.89. The van der Waals surface area contributed by atoms with Gasteiger partial charge in [-0.05, 0) is 24.3 Å². The molecule has 78 valence electrons. The summed E-state index contributed by atoms with van der Waals surface area (Å²) in [6.07, 6.45) is 3.54. The average Bonchev–Trinajstić information content (AvgIpc) is 2.37. The fourth-order valence-electron chi connectivity index (χ4n) is 1.95. The van der Waals surface area contributed by atoms with Crippen LogP contribution in [0.25, 0.3) is 21.8 Å². The first-order valence-corrected chi connectivity index (χ1v) is 5.06. The molecule has 3 heteroatoms. The number of pyridine rings is 2. The first kappa shape index (κ1) is 9.09. The van der Waals surface area contributed by atoms with Gasteiger partial charge in [0.1, 0.15) is 5.75 Å². The maximum absolute atomic E-state index is 5.37. The first-order valence-electron chi connectivity index (χ1n) is 5.06. The molecule has 2 aromatic heterocycles. The number of methoxy groups -OCH3 is 1. The molecule has 0 unspecified atom stereocenters. The van der Waals surface area contributed by atoms with Crippen LogP contribution in [0.2, 0.25) is 0 Å². The third-order valence-electron chi connectivity index (χ3n) is 2.67. The van der Waals surface area contributed by atoms with Gasteiger partial charge in [0, 0.05) is 17.8 Å². The van der Waals surface area contributed by atoms with Gasteiger partial charge in [0.05, 0.1) is 23.5 Å². The number of benzene rings is 1. The molecule has 2 heterocycles. The highest BCUT2D eigenvalue weighted by Crippen LogP contribution is 2.30. The van der Waals surface area contributed by atoms with Crippen LogP contribution >= 0.6 is 0 Å². The van der Waals surface area contributed by atoms with Crippen molar-refractivity contribution in [2.24, 2.45) is 0 Å². The second-order valence-electron chi connectivity index (χ2n) is 3.54. The fraction of sp³-hybridized carbons (Fsp3) is 0.0769. The highest BCUT2D eigenvalue weighted by Gasteiger charge is 2.06. The molecule has 0 aliphatic heterocycles. The number of ether oxygens (including phenoxy) is 1. The van der Waals surface area contributed by atoms with Gasteiger partial charge in [0.25, 0.3) is 0 Å². The Hall–Kier alpha value is -2.16. The maximum Gasteiger partial charge on any atom is 0.130 e. The van der Waals surface area contributed by atoms with Gasteiger partial charge in [-0.15, -0.1) is 0 Å². The van der Waals surface area contributed by atoms with Gasteiger partial charge in [-0.25, -0.2) is 0 Å². The molecule has 0 spiro atoms. The molecule has 3 aromatic rings. The van der Waals surface area contributed by atoms with E-state index in [9.17, 15) is 0 Å². The molecule has 0 radical (unpaired) electrons. The summed E-state index contributed by atoms with van der Waals surface area (Å²) in [5.74, 6) is 0.837. The van der Waals surface area contributed by atoms with E-state index in [1.54, 1.807) is 19.5 Å². The largest absolute Gasteiger partial charge is 0.496 e. The van der Waals surface area contributed by atoms with Crippen LogP contribution in [0.4, 0.5) is 0 Å². The minimum atomic E-state index is 0.837. The molecule has 3 rings (SSSR count). The third kappa shape index (κ3) is 1.21. The summed E-state index contributed by atoms with van der Waals surface area (Å²) in [6, 6.07) is 9.77. The Bertz CT molecular complexity index is 664. The number of aromatic nitrogens is 2. The van der Waals surface area contributed by atoms with E-state index in [1.807, 2.05) is 30.3 Å². The Morgan fingerprint density at radius 3 is 2.62 bits per heavy atom. The van der Waals surface area contributed by atoms with E-state index < -0.39 is 0 Å². The zero-order chi connectivity index (χ0) is 11.0. The zero-order valence-electron chi connectivity index (χ0n) is 8.84. The van der Waals surface area contributed by atoms with E-state index in [0.29, 0.717) is 0 Å². The van der Waals surface area contributed by atoms with E-state index in [-0.39, 0.29) is 0 Å². The van der Waals surface area contributed by atoms with E-state index in [1.165, 1.54) is 0 Å². The standard InChI is InChI=1S/C13H10N2O/c1-16-12-6-8-15-11-5-4-10-9(13(11)12)3-2-7-14-10/h2-8H,1H3.